The van der Waals surface area contributed by atoms with Crippen LogP contribution in [0.3, 0.4) is 0 Å². The highest BCUT2D eigenvalue weighted by atomic mass is 31.2. The van der Waals surface area contributed by atoms with Crippen LogP contribution in [0.4, 0.5) is 0 Å². The van der Waals surface area contributed by atoms with Crippen molar-refractivity contribution in [3.8, 4) is 11.5 Å². The molecule has 59 heavy (non-hydrogen) atoms. The van der Waals surface area contributed by atoms with Crippen LogP contribution < -0.4 is 9.05 Å². The first-order chi connectivity index (χ1) is 28.3. The van der Waals surface area contributed by atoms with E-state index in [2.05, 4.69) is 27.7 Å². The first-order valence-electron chi connectivity index (χ1n) is 22.5. The predicted octanol–water partition coefficient (Wildman–Crippen LogP) is 10.2. The Morgan fingerprint density at radius 3 is 1.49 bits per heavy atom. The smallest absolute Gasteiger partial charge is 0.395 e. The Morgan fingerprint density at radius 1 is 0.610 bits per heavy atom. The lowest BCUT2D eigenvalue weighted by Gasteiger charge is -2.61. The average Bonchev–Trinajstić information content (AvgIpc) is 3.59. The topological polar surface area (TPSA) is 119 Å². The van der Waals surface area contributed by atoms with E-state index in [9.17, 15) is 4.57 Å². The summed E-state index contributed by atoms with van der Waals surface area (Å²) in [6.45, 7) is 13.2. The van der Waals surface area contributed by atoms with Gasteiger partial charge in [0.15, 0.2) is 23.8 Å². The van der Waals surface area contributed by atoms with Crippen molar-refractivity contribution in [2.24, 2.45) is 53.3 Å². The van der Waals surface area contributed by atoms with Gasteiger partial charge in [0.05, 0.1) is 18.8 Å². The highest BCUT2D eigenvalue weighted by Crippen LogP contribution is 2.63. The molecule has 2 aliphatic carbocycles. The van der Waals surface area contributed by atoms with Gasteiger partial charge in [-0.05, 0) is 131 Å². The lowest BCUT2D eigenvalue weighted by Crippen LogP contribution is -2.70. The van der Waals surface area contributed by atoms with Crippen molar-refractivity contribution in [2.75, 3.05) is 6.61 Å². The van der Waals surface area contributed by atoms with E-state index >= 15 is 0 Å². The Labute approximate surface area is 349 Å². The molecule has 324 valence electrons. The van der Waals surface area contributed by atoms with Crippen LogP contribution in [0.1, 0.15) is 106 Å². The molecule has 0 N–H and O–H groups in total. The molecule has 2 aromatic carbocycles. The zero-order valence-electron chi connectivity index (χ0n) is 35.4. The molecule has 10 fully saturated rings. The molecule has 8 aliphatic heterocycles. The van der Waals surface area contributed by atoms with Gasteiger partial charge >= 0.3 is 7.82 Å². The van der Waals surface area contributed by atoms with Crippen LogP contribution in [-0.4, -0.2) is 54.2 Å². The number of rotatable bonds is 11. The van der Waals surface area contributed by atoms with E-state index in [0.29, 0.717) is 36.2 Å². The number of hydrogen-bond acceptors (Lipinski definition) is 12. The summed E-state index contributed by atoms with van der Waals surface area (Å²) in [4.78, 5) is 25.2. The van der Waals surface area contributed by atoms with Crippen LogP contribution in [-0.2, 0) is 47.6 Å². The number of fused-ring (bicyclic) bond motifs is 4. The van der Waals surface area contributed by atoms with Crippen molar-refractivity contribution in [2.45, 2.75) is 153 Å². The SMILES string of the molecule is C[C@H]1[C@@H](CC(COP(=O)(Oc2ccccc2)Oc2ccccc2)C[C@H]2O[C@@H]3O[C@@]4(C)CC[C@H]5[C@H](C)CC[C@@H]([C@H]2C)[C@@]35OO4)O[C@@H]2O[C@@]3(C)CC[C@H]4[C@H](C)CC[C@@H]1[C@@]24OO3. The first kappa shape index (κ1) is 41.0. The van der Waals surface area contributed by atoms with Crippen molar-refractivity contribution in [3.63, 3.8) is 0 Å². The van der Waals surface area contributed by atoms with Crippen molar-refractivity contribution in [3.05, 3.63) is 60.7 Å². The third-order valence-electron chi connectivity index (χ3n) is 16.1. The number of para-hydroxylation sites is 2. The van der Waals surface area contributed by atoms with Crippen molar-refractivity contribution < 1.29 is 56.6 Å². The molecule has 10 aliphatic rings. The molecule has 12 rings (SSSR count). The minimum atomic E-state index is -4.20. The summed E-state index contributed by atoms with van der Waals surface area (Å²) in [5.74, 6) is 0.880. The summed E-state index contributed by atoms with van der Waals surface area (Å²) in [5, 5.41) is 0. The molecule has 8 saturated heterocycles. The largest absolute Gasteiger partial charge is 0.587 e. The summed E-state index contributed by atoms with van der Waals surface area (Å²) in [6.07, 6.45) is 7.31. The zero-order valence-corrected chi connectivity index (χ0v) is 36.3. The summed E-state index contributed by atoms with van der Waals surface area (Å²) >= 11 is 0. The quantitative estimate of drug-likeness (QED) is 0.158. The Bertz CT molecular complexity index is 1730. The van der Waals surface area contributed by atoms with Crippen LogP contribution >= 0.6 is 7.82 Å². The van der Waals surface area contributed by atoms with E-state index < -0.39 is 43.2 Å². The van der Waals surface area contributed by atoms with Crippen LogP contribution in [0.15, 0.2) is 60.7 Å². The first-order valence-corrected chi connectivity index (χ1v) is 23.9. The summed E-state index contributed by atoms with van der Waals surface area (Å²) in [6, 6.07) is 18.1. The van der Waals surface area contributed by atoms with Gasteiger partial charge in [-0.25, -0.2) is 24.1 Å². The maximum absolute atomic E-state index is 14.8. The Balaban J connectivity index is 0.963. The van der Waals surface area contributed by atoms with Gasteiger partial charge in [0, 0.05) is 24.7 Å². The Morgan fingerprint density at radius 2 is 1.05 bits per heavy atom. The Kier molecular flexibility index (Phi) is 10.6. The molecule has 0 radical (unpaired) electrons. The van der Waals surface area contributed by atoms with Crippen molar-refractivity contribution in [1.29, 1.82) is 0 Å². The second-order valence-corrected chi connectivity index (χ2v) is 21.3. The van der Waals surface area contributed by atoms with Crippen LogP contribution in [0, 0.1) is 53.3 Å². The van der Waals surface area contributed by atoms with Crippen LogP contribution in [0.2, 0.25) is 0 Å². The lowest BCUT2D eigenvalue weighted by molar-refractivity contribution is -0.571. The van der Waals surface area contributed by atoms with Gasteiger partial charge < -0.3 is 28.0 Å². The third-order valence-corrected chi connectivity index (χ3v) is 17.4. The highest BCUT2D eigenvalue weighted by Gasteiger charge is 2.71. The summed E-state index contributed by atoms with van der Waals surface area (Å²) in [5.41, 5.74) is -1.34. The molecular weight excluding hydrogens is 775 g/mol. The van der Waals surface area contributed by atoms with E-state index in [1.807, 2.05) is 50.2 Å². The second kappa shape index (κ2) is 15.3. The number of benzene rings is 2. The van der Waals surface area contributed by atoms with Crippen LogP contribution in [0.25, 0.3) is 0 Å². The van der Waals surface area contributed by atoms with Crippen LogP contribution in [0.5, 0.6) is 11.5 Å². The molecular formula is C46H63O12P. The molecule has 13 heteroatoms. The van der Waals surface area contributed by atoms with E-state index in [4.69, 9.17) is 52.1 Å². The van der Waals surface area contributed by atoms with Gasteiger partial charge in [-0.2, -0.15) is 0 Å². The molecule has 0 aromatic heterocycles. The van der Waals surface area contributed by atoms with E-state index in [1.54, 1.807) is 24.3 Å². The standard InChI is InChI=1S/C46H63O12P/c1-28-17-19-37-30(3)39(49-41-45(37)35(28)21-23-43(5,51-41)55-57-45)25-32(27-48-59(47,53-33-13-9-7-10-14-33)54-34-15-11-8-12-16-34)26-40-31(4)38-20-18-29(2)36-22-24-44(6)52-42(50-40)46(36,38)58-56-44/h7-16,28-32,35-42H,17-27H2,1-6H3/t28-,29-,30-,31-,35+,36+,37+,38+,39-,40-,41-,42-,43-,44-,45-,46-/m1/s1. The zero-order chi connectivity index (χ0) is 40.8. The molecule has 16 atom stereocenters. The Hall–Kier alpha value is -2.09. The van der Waals surface area contributed by atoms with Gasteiger partial charge in [0.2, 0.25) is 11.6 Å². The highest BCUT2D eigenvalue weighted by molar-refractivity contribution is 7.49. The molecule has 0 unspecified atom stereocenters. The third kappa shape index (κ3) is 7.04. The van der Waals surface area contributed by atoms with E-state index in [0.717, 1.165) is 51.4 Å². The summed E-state index contributed by atoms with van der Waals surface area (Å²) in [7, 11) is -4.20. The van der Waals surface area contributed by atoms with Gasteiger partial charge in [0.25, 0.3) is 0 Å². The number of ether oxygens (including phenoxy) is 4. The predicted molar refractivity (Wildman–Crippen MR) is 214 cm³/mol. The fraction of sp³-hybridized carbons (Fsp3) is 0.739. The maximum atomic E-state index is 14.8. The molecule has 8 heterocycles. The van der Waals surface area contributed by atoms with Gasteiger partial charge in [0.1, 0.15) is 11.5 Å². The normalized spacial score (nSPS) is 46.6. The number of hydrogen-bond donors (Lipinski definition) is 0. The maximum Gasteiger partial charge on any atom is 0.587 e. The minimum Gasteiger partial charge on any atom is -0.395 e. The number of phosphoric acid groups is 1. The summed E-state index contributed by atoms with van der Waals surface area (Å²) < 4.78 is 61.3. The van der Waals surface area contributed by atoms with E-state index in [-0.39, 0.29) is 60.2 Å². The molecule has 4 bridgehead atoms. The fourth-order valence-corrected chi connectivity index (χ4v) is 14.2. The molecule has 12 nitrogen and oxygen atoms in total. The second-order valence-electron chi connectivity index (χ2n) is 19.8. The molecule has 0 amide bonds. The molecule has 2 aromatic rings. The van der Waals surface area contributed by atoms with E-state index in [1.165, 1.54) is 0 Å². The minimum absolute atomic E-state index is 0.0761. The molecule has 2 saturated carbocycles. The lowest BCUT2D eigenvalue weighted by atomic mass is 9.56. The van der Waals surface area contributed by atoms with Gasteiger partial charge in [-0.15, -0.1) is 0 Å². The number of phosphoric ester groups is 1. The fourth-order valence-electron chi connectivity index (χ4n) is 12.9. The van der Waals surface area contributed by atoms with Crippen molar-refractivity contribution >= 4 is 7.82 Å². The van der Waals surface area contributed by atoms with Crippen molar-refractivity contribution in [1.82, 2.24) is 0 Å². The molecule has 2 spiro atoms. The average molecular weight is 839 g/mol. The monoisotopic (exact) mass is 838 g/mol. The van der Waals surface area contributed by atoms with Gasteiger partial charge in [-0.1, -0.05) is 64.1 Å². The van der Waals surface area contributed by atoms with Gasteiger partial charge in [-0.3, -0.25) is 4.52 Å².